The second-order valence-electron chi connectivity index (χ2n) is 4.95. The summed E-state index contributed by atoms with van der Waals surface area (Å²) in [7, 11) is 2.86. The van der Waals surface area contributed by atoms with Gasteiger partial charge in [-0.2, -0.15) is 5.26 Å². The van der Waals surface area contributed by atoms with E-state index in [1.807, 2.05) is 13.0 Å². The first-order valence-electron chi connectivity index (χ1n) is 7.52. The highest BCUT2D eigenvalue weighted by atomic mass is 32.2. The van der Waals surface area contributed by atoms with Gasteiger partial charge in [-0.15, -0.1) is 10.2 Å². The third-order valence-corrected chi connectivity index (χ3v) is 5.36. The number of ether oxygens (including phenoxy) is 1. The van der Waals surface area contributed by atoms with Gasteiger partial charge in [0.2, 0.25) is 5.13 Å². The van der Waals surface area contributed by atoms with Crippen molar-refractivity contribution in [3.63, 3.8) is 0 Å². The van der Waals surface area contributed by atoms with Crippen molar-refractivity contribution < 1.29 is 4.74 Å². The zero-order chi connectivity index (χ0) is 18.4. The minimum absolute atomic E-state index is 0.0870. The predicted molar refractivity (Wildman–Crippen MR) is 95.3 cm³/mol. The van der Waals surface area contributed by atoms with E-state index in [0.29, 0.717) is 29.2 Å². The van der Waals surface area contributed by atoms with Crippen LogP contribution in [0, 0.1) is 11.3 Å². The lowest BCUT2D eigenvalue weighted by Crippen LogP contribution is -2.39. The lowest BCUT2D eigenvalue weighted by molar-refractivity contribution is 0.147. The average molecular weight is 382 g/mol. The lowest BCUT2D eigenvalue weighted by atomic mass is 10.3. The first kappa shape index (κ1) is 19.2. The van der Waals surface area contributed by atoms with Crippen molar-refractivity contribution in [2.24, 2.45) is 14.1 Å². The molecule has 0 aliphatic heterocycles. The first-order valence-corrected chi connectivity index (χ1v) is 9.16. The zero-order valence-electron chi connectivity index (χ0n) is 14.1. The number of rotatable bonds is 8. The molecule has 25 heavy (non-hydrogen) atoms. The molecule has 0 saturated carbocycles. The van der Waals surface area contributed by atoms with Gasteiger partial charge >= 0.3 is 5.69 Å². The van der Waals surface area contributed by atoms with Gasteiger partial charge < -0.3 is 10.1 Å². The largest absolute Gasteiger partial charge is 0.382 e. The lowest BCUT2D eigenvalue weighted by Gasteiger charge is -2.09. The van der Waals surface area contributed by atoms with Crippen LogP contribution in [0.25, 0.3) is 0 Å². The number of nitrogens with one attached hydrogen (secondary N) is 1. The maximum atomic E-state index is 12.1. The second-order valence-corrected chi connectivity index (χ2v) is 7.16. The molecule has 2 rings (SSSR count). The molecule has 1 N–H and O–H groups in total. The number of nitrogens with zero attached hydrogens (tertiary/aromatic N) is 5. The molecule has 0 saturated heterocycles. The second kappa shape index (κ2) is 8.80. The molecule has 0 spiro atoms. The highest BCUT2D eigenvalue weighted by molar-refractivity contribution is 8.01. The molecule has 0 aromatic carbocycles. The fraction of sp³-hybridized carbons (Fsp3) is 0.500. The fourth-order valence-electron chi connectivity index (χ4n) is 1.96. The molecule has 0 unspecified atom stereocenters. The summed E-state index contributed by atoms with van der Waals surface area (Å²) in [5.41, 5.74) is -1.20. The van der Waals surface area contributed by atoms with E-state index < -0.39 is 11.2 Å². The Morgan fingerprint density at radius 1 is 1.32 bits per heavy atom. The number of nitriles is 1. The molecule has 0 aliphatic rings. The molecule has 0 aliphatic carbocycles. The van der Waals surface area contributed by atoms with E-state index in [0.717, 1.165) is 22.7 Å². The van der Waals surface area contributed by atoms with Crippen LogP contribution in [0.4, 0.5) is 5.13 Å². The van der Waals surface area contributed by atoms with Crippen LogP contribution in [0.3, 0.4) is 0 Å². The zero-order valence-corrected chi connectivity index (χ0v) is 15.7. The van der Waals surface area contributed by atoms with Crippen LogP contribution in [0.2, 0.25) is 0 Å². The molecular weight excluding hydrogens is 364 g/mol. The van der Waals surface area contributed by atoms with Gasteiger partial charge in [0.05, 0.1) is 0 Å². The minimum Gasteiger partial charge on any atom is -0.382 e. The highest BCUT2D eigenvalue weighted by Crippen LogP contribution is 2.32. The van der Waals surface area contributed by atoms with Crippen LogP contribution in [-0.2, 0) is 18.8 Å². The van der Waals surface area contributed by atoms with Crippen LogP contribution < -0.4 is 16.6 Å². The summed E-state index contributed by atoms with van der Waals surface area (Å²) in [6.07, 6.45) is 0.845. The monoisotopic (exact) mass is 382 g/mol. The predicted octanol–water partition coefficient (Wildman–Crippen LogP) is 0.797. The highest BCUT2D eigenvalue weighted by Gasteiger charge is 2.18. The third kappa shape index (κ3) is 4.47. The van der Waals surface area contributed by atoms with E-state index in [2.05, 4.69) is 15.5 Å². The average Bonchev–Trinajstić information content (AvgIpc) is 3.05. The van der Waals surface area contributed by atoms with E-state index in [-0.39, 0.29) is 10.6 Å². The Balaban J connectivity index is 2.15. The summed E-state index contributed by atoms with van der Waals surface area (Å²) in [4.78, 5) is 24.1. The first-order chi connectivity index (χ1) is 12.0. The summed E-state index contributed by atoms with van der Waals surface area (Å²) in [6.45, 7) is 4.01. The van der Waals surface area contributed by atoms with Gasteiger partial charge in [0.25, 0.3) is 5.56 Å². The molecule has 11 heteroatoms. The minimum atomic E-state index is -0.619. The summed E-state index contributed by atoms with van der Waals surface area (Å²) < 4.78 is 7.97. The SMILES string of the molecule is CCOCCCNc1nnc(Sc2c(C#N)c(=O)n(C)c(=O)n2C)s1. The van der Waals surface area contributed by atoms with Crippen molar-refractivity contribution in [1.82, 2.24) is 19.3 Å². The quantitative estimate of drug-likeness (QED) is 0.526. The number of anilines is 1. The van der Waals surface area contributed by atoms with E-state index >= 15 is 0 Å². The Labute approximate surface area is 152 Å². The molecule has 2 aromatic rings. The molecule has 0 radical (unpaired) electrons. The van der Waals surface area contributed by atoms with Crippen molar-refractivity contribution in [1.29, 1.82) is 5.26 Å². The van der Waals surface area contributed by atoms with Crippen molar-refractivity contribution in [2.45, 2.75) is 22.7 Å². The van der Waals surface area contributed by atoms with Gasteiger partial charge in [-0.1, -0.05) is 11.3 Å². The fourth-order valence-corrected chi connectivity index (χ4v) is 3.80. The van der Waals surface area contributed by atoms with Gasteiger partial charge in [-0.3, -0.25) is 13.9 Å². The Kier molecular flexibility index (Phi) is 6.74. The van der Waals surface area contributed by atoms with Crippen molar-refractivity contribution >= 4 is 28.2 Å². The third-order valence-electron chi connectivity index (χ3n) is 3.26. The molecule has 2 aromatic heterocycles. The number of hydrogen-bond acceptors (Lipinski definition) is 9. The topological polar surface area (TPSA) is 115 Å². The van der Waals surface area contributed by atoms with Crippen LogP contribution in [0.5, 0.6) is 0 Å². The Morgan fingerprint density at radius 3 is 2.76 bits per heavy atom. The summed E-state index contributed by atoms with van der Waals surface area (Å²) >= 11 is 2.37. The molecule has 0 amide bonds. The van der Waals surface area contributed by atoms with Gasteiger partial charge in [0.15, 0.2) is 4.34 Å². The molecule has 9 nitrogen and oxygen atoms in total. The molecule has 2 heterocycles. The maximum absolute atomic E-state index is 12.1. The van der Waals surface area contributed by atoms with E-state index in [1.165, 1.54) is 30.0 Å². The van der Waals surface area contributed by atoms with Crippen LogP contribution in [0.1, 0.15) is 18.9 Å². The molecule has 0 bridgehead atoms. The van der Waals surface area contributed by atoms with E-state index in [1.54, 1.807) is 0 Å². The normalized spacial score (nSPS) is 10.6. The number of aromatic nitrogens is 4. The number of hydrogen-bond donors (Lipinski definition) is 1. The van der Waals surface area contributed by atoms with Gasteiger partial charge in [0, 0.05) is 33.9 Å². The summed E-state index contributed by atoms with van der Waals surface area (Å²) in [6, 6.07) is 1.87. The Bertz CT molecular complexity index is 895. The Hall–Kier alpha value is -2.16. The van der Waals surface area contributed by atoms with Gasteiger partial charge in [-0.25, -0.2) is 4.79 Å². The molecular formula is C14H18N6O3S2. The molecule has 0 fully saturated rings. The standard InChI is InChI=1S/C14H18N6O3S2/c1-4-23-7-5-6-16-12-17-18-13(25-12)24-11-9(8-15)10(21)19(2)14(22)20(11)3/h4-7H2,1-3H3,(H,16,17). The van der Waals surface area contributed by atoms with Crippen molar-refractivity contribution in [2.75, 3.05) is 25.1 Å². The smallest absolute Gasteiger partial charge is 0.331 e. The van der Waals surface area contributed by atoms with E-state index in [4.69, 9.17) is 4.74 Å². The molecule has 134 valence electrons. The van der Waals surface area contributed by atoms with Crippen molar-refractivity contribution in [3.05, 3.63) is 26.4 Å². The van der Waals surface area contributed by atoms with E-state index in [9.17, 15) is 14.9 Å². The summed E-state index contributed by atoms with van der Waals surface area (Å²) in [5.74, 6) is 0. The van der Waals surface area contributed by atoms with Gasteiger partial charge in [-0.05, 0) is 25.1 Å². The van der Waals surface area contributed by atoms with Crippen LogP contribution in [0.15, 0.2) is 19.0 Å². The maximum Gasteiger partial charge on any atom is 0.331 e. The Morgan fingerprint density at radius 2 is 2.08 bits per heavy atom. The summed E-state index contributed by atoms with van der Waals surface area (Å²) in [5, 5.41) is 21.3. The van der Waals surface area contributed by atoms with Crippen LogP contribution in [-0.4, -0.2) is 39.1 Å². The van der Waals surface area contributed by atoms with Crippen LogP contribution >= 0.6 is 23.1 Å². The molecule has 0 atom stereocenters. The van der Waals surface area contributed by atoms with Crippen molar-refractivity contribution in [3.8, 4) is 6.07 Å². The van der Waals surface area contributed by atoms with Gasteiger partial charge in [0.1, 0.15) is 16.7 Å².